The molecular formula is C20H27N3O4S. The first-order valence-corrected chi connectivity index (χ1v) is 11.1. The van der Waals surface area contributed by atoms with Crippen LogP contribution in [-0.2, 0) is 21.5 Å². The first kappa shape index (κ1) is 18.4. The number of carbonyl (C=O) groups excluding carboxylic acids is 2. The molecule has 3 saturated heterocycles. The second kappa shape index (κ2) is 6.71. The maximum atomic E-state index is 13.4. The molecule has 4 aliphatic heterocycles. The van der Waals surface area contributed by atoms with Gasteiger partial charge in [-0.2, -0.15) is 0 Å². The molecule has 1 aromatic rings. The Morgan fingerprint density at radius 1 is 1.32 bits per heavy atom. The highest BCUT2D eigenvalue weighted by Crippen LogP contribution is 2.45. The highest BCUT2D eigenvalue weighted by Gasteiger charge is 2.50. The van der Waals surface area contributed by atoms with E-state index in [-0.39, 0.29) is 23.1 Å². The van der Waals surface area contributed by atoms with Crippen LogP contribution in [0.15, 0.2) is 6.07 Å². The van der Waals surface area contributed by atoms with Crippen LogP contribution < -0.4 is 5.32 Å². The fraction of sp³-hybridized carbons (Fsp3) is 0.700. The van der Waals surface area contributed by atoms with Crippen molar-refractivity contribution in [1.82, 2.24) is 15.1 Å². The van der Waals surface area contributed by atoms with Gasteiger partial charge in [-0.05, 0) is 50.4 Å². The van der Waals surface area contributed by atoms with Crippen LogP contribution in [0.1, 0.15) is 46.3 Å². The maximum Gasteiger partial charge on any atom is 0.410 e. The first-order chi connectivity index (χ1) is 13.6. The number of nitrogens with zero attached hydrogens (tertiary/aromatic N) is 2. The van der Waals surface area contributed by atoms with Crippen molar-refractivity contribution >= 4 is 23.3 Å². The molecule has 28 heavy (non-hydrogen) atoms. The van der Waals surface area contributed by atoms with Crippen LogP contribution in [0.4, 0.5) is 4.79 Å². The van der Waals surface area contributed by atoms with Crippen molar-refractivity contribution in [3.8, 4) is 0 Å². The molecule has 0 saturated carbocycles. The largest absolute Gasteiger partial charge is 0.447 e. The van der Waals surface area contributed by atoms with Crippen molar-refractivity contribution < 1.29 is 19.1 Å². The average Bonchev–Trinajstić information content (AvgIpc) is 3.31. The molecule has 1 atom stereocenters. The van der Waals surface area contributed by atoms with Gasteiger partial charge in [-0.1, -0.05) is 6.92 Å². The van der Waals surface area contributed by atoms with Crippen molar-refractivity contribution in [2.45, 2.75) is 43.7 Å². The molecular weight excluding hydrogens is 378 g/mol. The molecule has 2 amide bonds. The Morgan fingerprint density at radius 3 is 2.93 bits per heavy atom. The molecule has 1 spiro atoms. The summed E-state index contributed by atoms with van der Waals surface area (Å²) < 4.78 is 11.6. The van der Waals surface area contributed by atoms with Gasteiger partial charge < -0.3 is 19.7 Å². The van der Waals surface area contributed by atoms with Gasteiger partial charge in [0.2, 0.25) is 0 Å². The predicted molar refractivity (Wildman–Crippen MR) is 105 cm³/mol. The van der Waals surface area contributed by atoms with E-state index in [0.717, 1.165) is 50.3 Å². The van der Waals surface area contributed by atoms with Gasteiger partial charge >= 0.3 is 6.09 Å². The van der Waals surface area contributed by atoms with Gasteiger partial charge in [0.15, 0.2) is 0 Å². The number of hydrogen-bond acceptors (Lipinski definition) is 6. The van der Waals surface area contributed by atoms with E-state index in [1.807, 2.05) is 9.80 Å². The minimum Gasteiger partial charge on any atom is -0.447 e. The fourth-order valence-corrected chi connectivity index (χ4v) is 6.50. The summed E-state index contributed by atoms with van der Waals surface area (Å²) in [5, 5.41) is 3.41. The monoisotopic (exact) mass is 405 g/mol. The molecule has 3 fully saturated rings. The number of nitrogens with one attached hydrogen (secondary N) is 1. The Labute approximate surface area is 169 Å². The number of hydrogen-bond donors (Lipinski definition) is 1. The minimum absolute atomic E-state index is 0.0790. The number of piperazine rings is 1. The Kier molecular flexibility index (Phi) is 4.41. The summed E-state index contributed by atoms with van der Waals surface area (Å²) >= 11 is 1.62. The standard InChI is InChI=1S/C20H27N3O4S/c1-2-19-12-22(8-9-23(19)18(25)26-13-19)17(24)15-11-14-3-10-27-20(16(14)28-15)4-6-21-7-5-20/h11,21H,2-10,12-13H2,1H3. The van der Waals surface area contributed by atoms with E-state index in [4.69, 9.17) is 9.47 Å². The molecule has 0 aromatic carbocycles. The zero-order valence-electron chi connectivity index (χ0n) is 16.3. The van der Waals surface area contributed by atoms with Crippen molar-refractivity contribution in [1.29, 1.82) is 0 Å². The van der Waals surface area contributed by atoms with E-state index in [1.165, 1.54) is 10.4 Å². The highest BCUT2D eigenvalue weighted by molar-refractivity contribution is 7.14. The lowest BCUT2D eigenvalue weighted by atomic mass is 9.86. The van der Waals surface area contributed by atoms with Crippen molar-refractivity contribution in [2.24, 2.45) is 0 Å². The first-order valence-electron chi connectivity index (χ1n) is 10.3. The third-order valence-electron chi connectivity index (χ3n) is 6.88. The third-order valence-corrected chi connectivity index (χ3v) is 8.23. The van der Waals surface area contributed by atoms with E-state index < -0.39 is 0 Å². The van der Waals surface area contributed by atoms with Crippen molar-refractivity contribution in [3.05, 3.63) is 21.4 Å². The number of cyclic esters (lactones) is 1. The van der Waals surface area contributed by atoms with Crippen LogP contribution >= 0.6 is 11.3 Å². The highest BCUT2D eigenvalue weighted by atomic mass is 32.1. The third kappa shape index (κ3) is 2.69. The van der Waals surface area contributed by atoms with Gasteiger partial charge in [0.1, 0.15) is 12.2 Å². The number of carbonyl (C=O) groups is 2. The summed E-state index contributed by atoms with van der Waals surface area (Å²) in [6.07, 6.45) is 3.35. The van der Waals surface area contributed by atoms with Crippen LogP contribution in [0.25, 0.3) is 0 Å². The number of piperidine rings is 1. The van der Waals surface area contributed by atoms with Gasteiger partial charge in [0.05, 0.1) is 17.0 Å². The number of thiophene rings is 1. The van der Waals surface area contributed by atoms with Gasteiger partial charge in [-0.25, -0.2) is 4.79 Å². The SMILES string of the molecule is CCC12COC(=O)N1CCN(C(=O)c1cc3c(s1)C1(CCNCC1)OCC3)C2. The lowest BCUT2D eigenvalue weighted by molar-refractivity contribution is -0.0771. The molecule has 4 aliphatic rings. The minimum atomic E-state index is -0.374. The van der Waals surface area contributed by atoms with Crippen LogP contribution in [0.2, 0.25) is 0 Å². The Morgan fingerprint density at radius 2 is 2.14 bits per heavy atom. The molecule has 8 heteroatoms. The zero-order chi connectivity index (χ0) is 19.4. The van der Waals surface area contributed by atoms with E-state index in [9.17, 15) is 9.59 Å². The quantitative estimate of drug-likeness (QED) is 0.815. The fourth-order valence-electron chi connectivity index (χ4n) is 5.12. The summed E-state index contributed by atoms with van der Waals surface area (Å²) in [6.45, 7) is 6.72. The molecule has 7 nitrogen and oxygen atoms in total. The van der Waals surface area contributed by atoms with Crippen molar-refractivity contribution in [2.75, 3.05) is 45.9 Å². The van der Waals surface area contributed by atoms with E-state index >= 15 is 0 Å². The number of rotatable bonds is 2. The van der Waals surface area contributed by atoms with Crippen LogP contribution in [0, 0.1) is 0 Å². The summed E-state index contributed by atoms with van der Waals surface area (Å²) in [4.78, 5) is 31.1. The van der Waals surface area contributed by atoms with E-state index in [2.05, 4.69) is 18.3 Å². The van der Waals surface area contributed by atoms with Crippen molar-refractivity contribution in [3.63, 3.8) is 0 Å². The van der Waals surface area contributed by atoms with Gasteiger partial charge in [-0.3, -0.25) is 9.69 Å². The molecule has 5 rings (SSSR count). The normalized spacial score (nSPS) is 28.8. The molecule has 0 bridgehead atoms. The number of amides is 2. The topological polar surface area (TPSA) is 71.1 Å². The second-order valence-corrected chi connectivity index (χ2v) is 9.37. The summed E-state index contributed by atoms with van der Waals surface area (Å²) in [7, 11) is 0. The zero-order valence-corrected chi connectivity index (χ0v) is 17.1. The molecule has 5 heterocycles. The second-order valence-electron chi connectivity index (χ2n) is 8.32. The van der Waals surface area contributed by atoms with Gasteiger partial charge in [0, 0.05) is 24.5 Å². The lowest BCUT2D eigenvalue weighted by Gasteiger charge is -2.44. The Bertz CT molecular complexity index is 803. The molecule has 152 valence electrons. The van der Waals surface area contributed by atoms with E-state index in [0.29, 0.717) is 26.2 Å². The molecule has 0 aliphatic carbocycles. The van der Waals surface area contributed by atoms with Crippen LogP contribution in [0.3, 0.4) is 0 Å². The van der Waals surface area contributed by atoms with E-state index in [1.54, 1.807) is 11.3 Å². The Balaban J connectivity index is 1.40. The summed E-state index contributed by atoms with van der Waals surface area (Å²) in [5.41, 5.74) is 0.697. The molecule has 1 unspecified atom stereocenters. The average molecular weight is 406 g/mol. The lowest BCUT2D eigenvalue weighted by Crippen LogP contribution is -2.62. The van der Waals surface area contributed by atoms with Crippen LogP contribution in [-0.4, -0.2) is 73.3 Å². The molecule has 0 radical (unpaired) electrons. The molecule has 1 aromatic heterocycles. The number of ether oxygens (including phenoxy) is 2. The summed E-state index contributed by atoms with van der Waals surface area (Å²) in [6, 6.07) is 2.09. The Hall–Kier alpha value is -1.64. The predicted octanol–water partition coefficient (Wildman–Crippen LogP) is 1.96. The molecule has 1 N–H and O–H groups in total. The maximum absolute atomic E-state index is 13.4. The van der Waals surface area contributed by atoms with Crippen LogP contribution in [0.5, 0.6) is 0 Å². The smallest absolute Gasteiger partial charge is 0.410 e. The van der Waals surface area contributed by atoms with Gasteiger partial charge in [-0.15, -0.1) is 11.3 Å². The number of fused-ring (bicyclic) bond motifs is 3. The van der Waals surface area contributed by atoms with Gasteiger partial charge in [0.25, 0.3) is 5.91 Å². The summed E-state index contributed by atoms with van der Waals surface area (Å²) in [5.74, 6) is 0.0790.